The molecule has 0 atom stereocenters. The summed E-state index contributed by atoms with van der Waals surface area (Å²) in [5.41, 5.74) is -0.477. The number of hydrogen-bond acceptors (Lipinski definition) is 4. The van der Waals surface area contributed by atoms with E-state index in [1.165, 1.54) is 0 Å². The van der Waals surface area contributed by atoms with Gasteiger partial charge >= 0.3 is 6.09 Å². The molecular formula is C14H21N3O3. The van der Waals surface area contributed by atoms with E-state index in [0.29, 0.717) is 37.8 Å². The van der Waals surface area contributed by atoms with E-state index < -0.39 is 5.60 Å². The van der Waals surface area contributed by atoms with E-state index in [-0.39, 0.29) is 6.09 Å². The number of rotatable bonds is 1. The lowest BCUT2D eigenvalue weighted by Crippen LogP contribution is -2.51. The number of piperazine rings is 1. The molecule has 0 bridgehead atoms. The summed E-state index contributed by atoms with van der Waals surface area (Å²) >= 11 is 0. The summed E-state index contributed by atoms with van der Waals surface area (Å²) in [4.78, 5) is 15.5. The Morgan fingerprint density at radius 2 is 1.85 bits per heavy atom. The highest BCUT2D eigenvalue weighted by Crippen LogP contribution is 2.13. The number of amidine groups is 1. The van der Waals surface area contributed by atoms with Crippen molar-refractivity contribution in [1.29, 1.82) is 5.41 Å². The van der Waals surface area contributed by atoms with Crippen molar-refractivity contribution in [2.45, 2.75) is 26.4 Å². The Bertz CT molecular complexity index is 468. The molecule has 1 aromatic rings. The van der Waals surface area contributed by atoms with E-state index in [4.69, 9.17) is 14.6 Å². The van der Waals surface area contributed by atoms with Crippen LogP contribution in [0.25, 0.3) is 0 Å². The highest BCUT2D eigenvalue weighted by Gasteiger charge is 2.27. The Kier molecular flexibility index (Phi) is 4.01. The van der Waals surface area contributed by atoms with Crippen molar-refractivity contribution in [1.82, 2.24) is 9.80 Å². The van der Waals surface area contributed by atoms with Crippen molar-refractivity contribution in [3.8, 4) is 0 Å². The van der Waals surface area contributed by atoms with Crippen LogP contribution in [0.3, 0.4) is 0 Å². The molecule has 1 N–H and O–H groups in total. The molecule has 0 aromatic carbocycles. The summed E-state index contributed by atoms with van der Waals surface area (Å²) in [6.07, 6.45) is 1.27. The van der Waals surface area contributed by atoms with Crippen LogP contribution < -0.4 is 0 Å². The summed E-state index contributed by atoms with van der Waals surface area (Å²) in [6, 6.07) is 3.53. The van der Waals surface area contributed by atoms with Gasteiger partial charge in [-0.15, -0.1) is 0 Å². The van der Waals surface area contributed by atoms with Gasteiger partial charge in [0.2, 0.25) is 0 Å². The minimum Gasteiger partial charge on any atom is -0.461 e. The fraction of sp³-hybridized carbons (Fsp3) is 0.571. The van der Waals surface area contributed by atoms with Crippen molar-refractivity contribution in [2.75, 3.05) is 26.2 Å². The van der Waals surface area contributed by atoms with Gasteiger partial charge in [0.25, 0.3) is 0 Å². The zero-order chi connectivity index (χ0) is 14.8. The van der Waals surface area contributed by atoms with E-state index in [2.05, 4.69) is 0 Å². The van der Waals surface area contributed by atoms with E-state index in [9.17, 15) is 4.79 Å². The summed E-state index contributed by atoms with van der Waals surface area (Å²) < 4.78 is 10.6. The normalized spacial score (nSPS) is 16.1. The number of amides is 1. The lowest BCUT2D eigenvalue weighted by atomic mass is 10.2. The van der Waals surface area contributed by atoms with Crippen molar-refractivity contribution in [3.05, 3.63) is 24.2 Å². The van der Waals surface area contributed by atoms with Gasteiger partial charge in [0.1, 0.15) is 5.60 Å². The number of nitrogens with one attached hydrogen (secondary N) is 1. The highest BCUT2D eigenvalue weighted by atomic mass is 16.6. The number of furan rings is 1. The number of nitrogens with zero attached hydrogens (tertiary/aromatic N) is 2. The van der Waals surface area contributed by atoms with Crippen LogP contribution in [0.2, 0.25) is 0 Å². The van der Waals surface area contributed by atoms with E-state index in [1.807, 2.05) is 25.7 Å². The fourth-order valence-corrected chi connectivity index (χ4v) is 2.01. The third-order valence-electron chi connectivity index (χ3n) is 3.00. The zero-order valence-electron chi connectivity index (χ0n) is 12.2. The van der Waals surface area contributed by atoms with Gasteiger partial charge in [-0.25, -0.2) is 4.79 Å². The quantitative estimate of drug-likeness (QED) is 0.631. The van der Waals surface area contributed by atoms with Gasteiger partial charge in [-0.2, -0.15) is 0 Å². The first kappa shape index (κ1) is 14.4. The smallest absolute Gasteiger partial charge is 0.410 e. The van der Waals surface area contributed by atoms with E-state index in [1.54, 1.807) is 23.3 Å². The molecule has 1 aliphatic rings. The minimum atomic E-state index is -0.477. The van der Waals surface area contributed by atoms with E-state index in [0.717, 1.165) is 0 Å². The van der Waals surface area contributed by atoms with Gasteiger partial charge in [0.15, 0.2) is 11.6 Å². The van der Waals surface area contributed by atoms with Crippen molar-refractivity contribution >= 4 is 11.9 Å². The monoisotopic (exact) mass is 279 g/mol. The SMILES string of the molecule is CC(C)(C)OC(=O)N1CCN(C(=N)c2ccco2)CC1. The van der Waals surface area contributed by atoms with Crippen molar-refractivity contribution < 1.29 is 13.9 Å². The van der Waals surface area contributed by atoms with Crippen LogP contribution in [0.5, 0.6) is 0 Å². The van der Waals surface area contributed by atoms with Crippen molar-refractivity contribution in [2.24, 2.45) is 0 Å². The Morgan fingerprint density at radius 3 is 2.35 bits per heavy atom. The molecule has 1 aromatic heterocycles. The standard InChI is InChI=1S/C14H21N3O3/c1-14(2,3)20-13(18)17-8-6-16(7-9-17)12(15)11-5-4-10-19-11/h4-5,10,15H,6-9H2,1-3H3. The molecule has 0 radical (unpaired) electrons. The second-order valence-corrected chi connectivity index (χ2v) is 5.78. The maximum Gasteiger partial charge on any atom is 0.410 e. The molecule has 2 rings (SSSR count). The van der Waals surface area contributed by atoms with Gasteiger partial charge in [-0.3, -0.25) is 5.41 Å². The summed E-state index contributed by atoms with van der Waals surface area (Å²) in [5.74, 6) is 0.912. The third-order valence-corrected chi connectivity index (χ3v) is 3.00. The molecular weight excluding hydrogens is 258 g/mol. The molecule has 1 aliphatic heterocycles. The number of hydrogen-bond donors (Lipinski definition) is 1. The van der Waals surface area contributed by atoms with Crippen LogP contribution in [-0.4, -0.2) is 53.5 Å². The fourth-order valence-electron chi connectivity index (χ4n) is 2.01. The van der Waals surface area contributed by atoms with Gasteiger partial charge in [0.05, 0.1) is 6.26 Å². The topological polar surface area (TPSA) is 69.8 Å². The van der Waals surface area contributed by atoms with Crippen LogP contribution in [0, 0.1) is 5.41 Å². The molecule has 6 heteroatoms. The zero-order valence-corrected chi connectivity index (χ0v) is 12.2. The Balaban J connectivity index is 1.86. The first-order valence-electron chi connectivity index (χ1n) is 6.72. The molecule has 20 heavy (non-hydrogen) atoms. The average molecular weight is 279 g/mol. The van der Waals surface area contributed by atoms with Crippen LogP contribution in [0.15, 0.2) is 22.8 Å². The lowest BCUT2D eigenvalue weighted by Gasteiger charge is -2.36. The molecule has 2 heterocycles. The Hall–Kier alpha value is -1.98. The number of ether oxygens (including phenoxy) is 1. The van der Waals surface area contributed by atoms with Gasteiger partial charge in [0, 0.05) is 26.2 Å². The number of carbonyl (C=O) groups is 1. The number of carbonyl (C=O) groups excluding carboxylic acids is 1. The van der Waals surface area contributed by atoms with Crippen LogP contribution in [0.4, 0.5) is 4.79 Å². The molecule has 1 amide bonds. The molecule has 6 nitrogen and oxygen atoms in total. The van der Waals surface area contributed by atoms with Gasteiger partial charge in [-0.1, -0.05) is 0 Å². The third kappa shape index (κ3) is 3.53. The predicted molar refractivity (Wildman–Crippen MR) is 74.9 cm³/mol. The van der Waals surface area contributed by atoms with Gasteiger partial charge in [-0.05, 0) is 32.9 Å². The molecule has 110 valence electrons. The Morgan fingerprint density at radius 1 is 1.25 bits per heavy atom. The maximum atomic E-state index is 11.9. The minimum absolute atomic E-state index is 0.290. The van der Waals surface area contributed by atoms with Crippen LogP contribution >= 0.6 is 0 Å². The molecule has 1 saturated heterocycles. The van der Waals surface area contributed by atoms with E-state index >= 15 is 0 Å². The van der Waals surface area contributed by atoms with Crippen LogP contribution in [-0.2, 0) is 4.74 Å². The first-order chi connectivity index (χ1) is 9.37. The lowest BCUT2D eigenvalue weighted by molar-refractivity contribution is 0.0186. The molecule has 1 fully saturated rings. The summed E-state index contributed by atoms with van der Waals surface area (Å²) in [7, 11) is 0. The largest absolute Gasteiger partial charge is 0.461 e. The first-order valence-corrected chi connectivity index (χ1v) is 6.72. The molecule has 0 saturated carbocycles. The molecule has 0 aliphatic carbocycles. The highest BCUT2D eigenvalue weighted by molar-refractivity contribution is 5.93. The molecule has 0 spiro atoms. The van der Waals surface area contributed by atoms with Crippen LogP contribution in [0.1, 0.15) is 26.5 Å². The summed E-state index contributed by atoms with van der Waals surface area (Å²) in [6.45, 7) is 7.89. The van der Waals surface area contributed by atoms with Crippen molar-refractivity contribution in [3.63, 3.8) is 0 Å². The second-order valence-electron chi connectivity index (χ2n) is 5.78. The predicted octanol–water partition coefficient (Wildman–Crippen LogP) is 2.16. The average Bonchev–Trinajstić information content (AvgIpc) is 2.90. The second kappa shape index (κ2) is 5.56. The maximum absolute atomic E-state index is 11.9. The Labute approximate surface area is 118 Å². The van der Waals surface area contributed by atoms with Gasteiger partial charge < -0.3 is 19.0 Å². The summed E-state index contributed by atoms with van der Waals surface area (Å²) in [5, 5.41) is 8.06. The molecule has 0 unspecified atom stereocenters.